The van der Waals surface area contributed by atoms with Gasteiger partial charge in [0.05, 0.1) is 11.4 Å². The Hall–Kier alpha value is -3.14. The molecule has 2 aromatic rings. The van der Waals surface area contributed by atoms with Crippen molar-refractivity contribution in [2.24, 2.45) is 9.98 Å². The average molecular weight is 453 g/mol. The number of H-pyrrole nitrogens is 2. The first-order valence-electron chi connectivity index (χ1n) is 12.7. The molecule has 5 rings (SSSR count). The van der Waals surface area contributed by atoms with Gasteiger partial charge in [-0.2, -0.15) is 0 Å². The molecule has 1 aliphatic carbocycles. The maximum atomic E-state index is 4.65. The van der Waals surface area contributed by atoms with E-state index in [1.807, 2.05) is 12.4 Å². The van der Waals surface area contributed by atoms with Crippen LogP contribution in [0.1, 0.15) is 92.5 Å². The van der Waals surface area contributed by atoms with E-state index in [1.165, 1.54) is 80.2 Å². The Morgan fingerprint density at radius 2 is 1.32 bits per heavy atom. The van der Waals surface area contributed by atoms with Gasteiger partial charge in [0.25, 0.3) is 0 Å². The molecule has 0 unspecified atom stereocenters. The molecule has 0 spiro atoms. The maximum absolute atomic E-state index is 4.65. The van der Waals surface area contributed by atoms with Crippen molar-refractivity contribution >= 4 is 24.6 Å². The van der Waals surface area contributed by atoms with Crippen LogP contribution in [0.25, 0.3) is 12.2 Å². The van der Waals surface area contributed by atoms with Crippen LogP contribution in [0, 0.1) is 6.92 Å². The summed E-state index contributed by atoms with van der Waals surface area (Å²) in [6, 6.07) is 0. The highest BCUT2D eigenvalue weighted by Crippen LogP contribution is 2.34. The highest BCUT2D eigenvalue weighted by Gasteiger charge is 2.22. The second-order valence-corrected chi connectivity index (χ2v) is 10.0. The number of rotatable bonds is 5. The van der Waals surface area contributed by atoms with Gasteiger partial charge in [-0.05, 0) is 123 Å². The fourth-order valence-electron chi connectivity index (χ4n) is 5.48. The molecule has 0 amide bonds. The highest BCUT2D eigenvalue weighted by atomic mass is 14.8. The number of hydrogen-bond acceptors (Lipinski definition) is 2. The van der Waals surface area contributed by atoms with Crippen LogP contribution in [0.5, 0.6) is 0 Å². The SMILES string of the molecule is CCc1c(Cc2[nH]c(/C=C3\N=CC(C)=C3C)c3c2CCCC3)[nH]c(/C=C2\N=CC(C)=C2C)c1C. The second-order valence-electron chi connectivity index (χ2n) is 10.0. The zero-order valence-electron chi connectivity index (χ0n) is 21.4. The van der Waals surface area contributed by atoms with Crippen LogP contribution in [0.4, 0.5) is 0 Å². The van der Waals surface area contributed by atoms with Crippen LogP contribution in [0.2, 0.25) is 0 Å². The molecule has 176 valence electrons. The number of hydrogen-bond donors (Lipinski definition) is 2. The fourth-order valence-corrected chi connectivity index (χ4v) is 5.48. The van der Waals surface area contributed by atoms with Gasteiger partial charge in [-0.3, -0.25) is 9.98 Å². The molecular formula is C30H36N4. The molecule has 2 N–H and O–H groups in total. The van der Waals surface area contributed by atoms with Gasteiger partial charge < -0.3 is 9.97 Å². The molecule has 34 heavy (non-hydrogen) atoms. The molecule has 4 heterocycles. The Morgan fingerprint density at radius 3 is 1.88 bits per heavy atom. The van der Waals surface area contributed by atoms with Crippen molar-refractivity contribution in [3.8, 4) is 0 Å². The standard InChI is InChI=1S/C30H36N4/c1-7-22-21(6)27(12-25-19(4)17(2)15-31-25)33-28(22)14-30-24-11-9-8-10-23(24)29(34-30)13-26-20(5)18(3)16-32-26/h12-13,15-16,33-34H,7-11,14H2,1-6H3/b25-12-,26-13-. The zero-order chi connectivity index (χ0) is 24.0. The molecule has 0 atom stereocenters. The molecule has 0 fully saturated rings. The van der Waals surface area contributed by atoms with E-state index >= 15 is 0 Å². The largest absolute Gasteiger partial charge is 0.358 e. The summed E-state index contributed by atoms with van der Waals surface area (Å²) in [7, 11) is 0. The summed E-state index contributed by atoms with van der Waals surface area (Å²) >= 11 is 0. The molecule has 2 aliphatic heterocycles. The van der Waals surface area contributed by atoms with Crippen LogP contribution < -0.4 is 0 Å². The summed E-state index contributed by atoms with van der Waals surface area (Å²) in [6.45, 7) is 13.1. The third-order valence-corrected chi connectivity index (χ3v) is 7.96. The first kappa shape index (κ1) is 22.6. The average Bonchev–Trinajstić information content (AvgIpc) is 3.53. The number of allylic oxidation sites excluding steroid dienone is 4. The molecule has 0 radical (unpaired) electrons. The van der Waals surface area contributed by atoms with Crippen LogP contribution in [0.15, 0.2) is 43.7 Å². The van der Waals surface area contributed by atoms with E-state index in [0.29, 0.717) is 0 Å². The Labute approximate surface area is 203 Å². The predicted molar refractivity (Wildman–Crippen MR) is 145 cm³/mol. The predicted octanol–water partition coefficient (Wildman–Crippen LogP) is 7.21. The van der Waals surface area contributed by atoms with Crippen molar-refractivity contribution in [1.82, 2.24) is 9.97 Å². The van der Waals surface area contributed by atoms with Gasteiger partial charge >= 0.3 is 0 Å². The minimum absolute atomic E-state index is 0.910. The van der Waals surface area contributed by atoms with E-state index in [-0.39, 0.29) is 0 Å². The third kappa shape index (κ3) is 3.89. The van der Waals surface area contributed by atoms with Gasteiger partial charge in [-0.15, -0.1) is 0 Å². The number of fused-ring (bicyclic) bond motifs is 1. The number of nitrogens with zero attached hydrogens (tertiary/aromatic N) is 2. The molecule has 3 aliphatic rings. The maximum Gasteiger partial charge on any atom is 0.0682 e. The molecule has 4 heteroatoms. The molecule has 4 nitrogen and oxygen atoms in total. The topological polar surface area (TPSA) is 56.3 Å². The van der Waals surface area contributed by atoms with Gasteiger partial charge in [-0.25, -0.2) is 0 Å². The van der Waals surface area contributed by atoms with Gasteiger partial charge in [0.2, 0.25) is 0 Å². The van der Waals surface area contributed by atoms with Crippen molar-refractivity contribution in [3.63, 3.8) is 0 Å². The molecule has 0 saturated carbocycles. The summed E-state index contributed by atoms with van der Waals surface area (Å²) < 4.78 is 0. The zero-order valence-corrected chi connectivity index (χ0v) is 21.4. The van der Waals surface area contributed by atoms with Crippen LogP contribution in [0.3, 0.4) is 0 Å². The van der Waals surface area contributed by atoms with Crippen LogP contribution >= 0.6 is 0 Å². The van der Waals surface area contributed by atoms with Gasteiger partial charge in [0.1, 0.15) is 0 Å². The first-order chi connectivity index (χ1) is 16.4. The molecule has 0 bridgehead atoms. The lowest BCUT2D eigenvalue weighted by atomic mass is 9.90. The van der Waals surface area contributed by atoms with Crippen molar-refractivity contribution in [2.45, 2.75) is 80.1 Å². The van der Waals surface area contributed by atoms with Crippen molar-refractivity contribution in [1.29, 1.82) is 0 Å². The summed E-state index contributed by atoms with van der Waals surface area (Å²) in [5, 5.41) is 0. The Bertz CT molecular complexity index is 1340. The molecule has 0 aromatic carbocycles. The van der Waals surface area contributed by atoms with Crippen molar-refractivity contribution in [3.05, 3.63) is 78.7 Å². The van der Waals surface area contributed by atoms with E-state index < -0.39 is 0 Å². The molecule has 0 saturated heterocycles. The minimum Gasteiger partial charge on any atom is -0.358 e. The van der Waals surface area contributed by atoms with Crippen molar-refractivity contribution < 1.29 is 0 Å². The van der Waals surface area contributed by atoms with Gasteiger partial charge in [0.15, 0.2) is 0 Å². The first-order valence-corrected chi connectivity index (χ1v) is 12.7. The summed E-state index contributed by atoms with van der Waals surface area (Å²) in [6.07, 6.45) is 15.2. The Balaban J connectivity index is 1.53. The van der Waals surface area contributed by atoms with Crippen LogP contribution in [-0.4, -0.2) is 22.4 Å². The third-order valence-electron chi connectivity index (χ3n) is 7.96. The van der Waals surface area contributed by atoms with Gasteiger partial charge in [0, 0.05) is 41.6 Å². The number of nitrogens with one attached hydrogen (secondary N) is 2. The normalized spacial score (nSPS) is 20.1. The van der Waals surface area contributed by atoms with E-state index in [4.69, 9.17) is 0 Å². The lowest BCUT2D eigenvalue weighted by Crippen LogP contribution is -2.04. The highest BCUT2D eigenvalue weighted by molar-refractivity contribution is 5.88. The van der Waals surface area contributed by atoms with E-state index in [9.17, 15) is 0 Å². The molecule has 2 aromatic heterocycles. The lowest BCUT2D eigenvalue weighted by molar-refractivity contribution is 0.684. The number of aromatic nitrogens is 2. The molecular weight excluding hydrogens is 416 g/mol. The summed E-state index contributed by atoms with van der Waals surface area (Å²) in [4.78, 5) is 16.9. The van der Waals surface area contributed by atoms with Crippen LogP contribution in [-0.2, 0) is 25.7 Å². The van der Waals surface area contributed by atoms with E-state index in [0.717, 1.165) is 37.1 Å². The van der Waals surface area contributed by atoms with E-state index in [1.54, 1.807) is 0 Å². The lowest BCUT2D eigenvalue weighted by Gasteiger charge is -2.13. The van der Waals surface area contributed by atoms with E-state index in [2.05, 4.69) is 73.6 Å². The summed E-state index contributed by atoms with van der Waals surface area (Å²) in [5.74, 6) is 0. The fraction of sp³-hybridized carbons (Fsp3) is 0.400. The second kappa shape index (κ2) is 8.90. The Kier molecular flexibility index (Phi) is 5.93. The smallest absolute Gasteiger partial charge is 0.0682 e. The van der Waals surface area contributed by atoms with Crippen molar-refractivity contribution in [2.75, 3.05) is 0 Å². The Morgan fingerprint density at radius 1 is 0.765 bits per heavy atom. The number of aliphatic imine (C=N–C) groups is 2. The monoisotopic (exact) mass is 452 g/mol. The quantitative estimate of drug-likeness (QED) is 0.482. The minimum atomic E-state index is 0.910. The number of aromatic amines is 2. The van der Waals surface area contributed by atoms with Gasteiger partial charge in [-0.1, -0.05) is 6.92 Å². The summed E-state index contributed by atoms with van der Waals surface area (Å²) in [5.41, 5.74) is 18.1.